The van der Waals surface area contributed by atoms with Crippen LogP contribution in [-0.2, 0) is 0 Å². The largest absolute Gasteiger partial charge is 0.434 e. The van der Waals surface area contributed by atoms with E-state index in [0.717, 1.165) is 0 Å². The second kappa shape index (κ2) is 5.07. The van der Waals surface area contributed by atoms with Gasteiger partial charge in [-0.05, 0) is 12.0 Å². The van der Waals surface area contributed by atoms with Gasteiger partial charge in [0, 0.05) is 11.6 Å². The lowest BCUT2D eigenvalue weighted by molar-refractivity contribution is -0.0507. The number of para-hydroxylation sites is 1. The molecule has 0 aliphatic heterocycles. The molecule has 0 aliphatic carbocycles. The maximum absolute atomic E-state index is 12.1. The lowest BCUT2D eigenvalue weighted by Gasteiger charge is -2.19. The van der Waals surface area contributed by atoms with Gasteiger partial charge in [0.15, 0.2) is 0 Å². The molecule has 0 fully saturated rings. The van der Waals surface area contributed by atoms with Crippen molar-refractivity contribution in [1.29, 1.82) is 0 Å². The minimum atomic E-state index is -2.81. The average Bonchev–Trinajstić information content (AvgIpc) is 2.16. The molecule has 0 heterocycles. The molecule has 15 heavy (non-hydrogen) atoms. The number of alkyl halides is 2. The SMILES string of the molecule is CC(C)C(N)c1ccccc1OC(F)F. The highest BCUT2D eigenvalue weighted by Crippen LogP contribution is 2.28. The predicted octanol–water partition coefficient (Wildman–Crippen LogP) is 2.94. The van der Waals surface area contributed by atoms with E-state index in [1.165, 1.54) is 6.07 Å². The summed E-state index contributed by atoms with van der Waals surface area (Å²) in [7, 11) is 0. The second-order valence-electron chi connectivity index (χ2n) is 3.69. The summed E-state index contributed by atoms with van der Waals surface area (Å²) in [5.41, 5.74) is 6.51. The first-order valence-corrected chi connectivity index (χ1v) is 4.81. The Labute approximate surface area is 88.0 Å². The summed E-state index contributed by atoms with van der Waals surface area (Å²) in [6.07, 6.45) is 0. The van der Waals surface area contributed by atoms with Crippen molar-refractivity contribution >= 4 is 0 Å². The number of nitrogens with two attached hydrogens (primary N) is 1. The van der Waals surface area contributed by atoms with E-state index in [1.807, 2.05) is 13.8 Å². The maximum atomic E-state index is 12.1. The maximum Gasteiger partial charge on any atom is 0.387 e. The van der Waals surface area contributed by atoms with Crippen molar-refractivity contribution in [2.24, 2.45) is 11.7 Å². The summed E-state index contributed by atoms with van der Waals surface area (Å²) < 4.78 is 28.6. The zero-order valence-electron chi connectivity index (χ0n) is 8.78. The standard InChI is InChI=1S/C11H15F2NO/c1-7(2)10(14)8-5-3-4-6-9(8)15-11(12)13/h3-7,10-11H,14H2,1-2H3. The molecule has 1 aromatic carbocycles. The molecule has 84 valence electrons. The smallest absolute Gasteiger partial charge is 0.387 e. The molecule has 0 radical (unpaired) electrons. The molecular formula is C11H15F2NO. The molecule has 2 N–H and O–H groups in total. The zero-order valence-corrected chi connectivity index (χ0v) is 8.78. The lowest BCUT2D eigenvalue weighted by Crippen LogP contribution is -2.18. The van der Waals surface area contributed by atoms with Gasteiger partial charge in [0.2, 0.25) is 0 Å². The molecule has 4 heteroatoms. The van der Waals surface area contributed by atoms with E-state index < -0.39 is 6.61 Å². The third kappa shape index (κ3) is 3.16. The number of halogens is 2. The highest BCUT2D eigenvalue weighted by molar-refractivity contribution is 5.36. The van der Waals surface area contributed by atoms with Gasteiger partial charge in [-0.3, -0.25) is 0 Å². The first kappa shape index (κ1) is 11.9. The molecule has 0 aliphatic rings. The van der Waals surface area contributed by atoms with Crippen molar-refractivity contribution in [2.45, 2.75) is 26.5 Å². The van der Waals surface area contributed by atoms with Gasteiger partial charge in [0.25, 0.3) is 0 Å². The Bertz CT molecular complexity index is 315. The van der Waals surface area contributed by atoms with Crippen LogP contribution in [0.25, 0.3) is 0 Å². The van der Waals surface area contributed by atoms with Gasteiger partial charge < -0.3 is 10.5 Å². The van der Waals surface area contributed by atoms with Gasteiger partial charge in [-0.25, -0.2) is 0 Å². The topological polar surface area (TPSA) is 35.2 Å². The van der Waals surface area contributed by atoms with Gasteiger partial charge >= 0.3 is 6.61 Å². The summed E-state index contributed by atoms with van der Waals surface area (Å²) in [5.74, 6) is 0.334. The Balaban J connectivity index is 2.95. The molecule has 0 bridgehead atoms. The van der Waals surface area contributed by atoms with Crippen LogP contribution < -0.4 is 10.5 Å². The van der Waals surface area contributed by atoms with Crippen LogP contribution in [0.5, 0.6) is 5.75 Å². The monoisotopic (exact) mass is 215 g/mol. The van der Waals surface area contributed by atoms with Crippen molar-refractivity contribution in [2.75, 3.05) is 0 Å². The van der Waals surface area contributed by atoms with Crippen molar-refractivity contribution in [1.82, 2.24) is 0 Å². The summed E-state index contributed by atoms with van der Waals surface area (Å²) >= 11 is 0. The average molecular weight is 215 g/mol. The van der Waals surface area contributed by atoms with E-state index in [2.05, 4.69) is 4.74 Å². The second-order valence-corrected chi connectivity index (χ2v) is 3.69. The Morgan fingerprint density at radius 3 is 2.33 bits per heavy atom. The minimum absolute atomic E-state index is 0.161. The van der Waals surface area contributed by atoms with Crippen LogP contribution in [0.4, 0.5) is 8.78 Å². The quantitative estimate of drug-likeness (QED) is 0.838. The molecule has 0 aromatic heterocycles. The summed E-state index contributed by atoms with van der Waals surface area (Å²) in [6.45, 7) is 1.05. The fraction of sp³-hybridized carbons (Fsp3) is 0.455. The Hall–Kier alpha value is -1.16. The number of hydrogen-bond donors (Lipinski definition) is 1. The third-order valence-electron chi connectivity index (χ3n) is 2.21. The van der Waals surface area contributed by atoms with Crippen LogP contribution in [-0.4, -0.2) is 6.61 Å². The molecule has 2 nitrogen and oxygen atoms in total. The fourth-order valence-corrected chi connectivity index (χ4v) is 1.32. The molecule has 1 unspecified atom stereocenters. The van der Waals surface area contributed by atoms with Crippen molar-refractivity contribution < 1.29 is 13.5 Å². The van der Waals surface area contributed by atoms with Gasteiger partial charge in [0.05, 0.1) is 0 Å². The highest BCUT2D eigenvalue weighted by atomic mass is 19.3. The van der Waals surface area contributed by atoms with Gasteiger partial charge in [-0.2, -0.15) is 8.78 Å². The summed E-state index contributed by atoms with van der Waals surface area (Å²) in [6, 6.07) is 6.33. The minimum Gasteiger partial charge on any atom is -0.434 e. The molecule has 1 aromatic rings. The number of ether oxygens (including phenoxy) is 1. The number of rotatable bonds is 4. The zero-order chi connectivity index (χ0) is 11.4. The van der Waals surface area contributed by atoms with Crippen molar-refractivity contribution in [3.63, 3.8) is 0 Å². The molecule has 0 spiro atoms. The van der Waals surface area contributed by atoms with Gasteiger partial charge in [0.1, 0.15) is 5.75 Å². The van der Waals surface area contributed by atoms with E-state index >= 15 is 0 Å². The lowest BCUT2D eigenvalue weighted by atomic mass is 9.96. The molecular weight excluding hydrogens is 200 g/mol. The van der Waals surface area contributed by atoms with E-state index in [4.69, 9.17) is 5.73 Å². The van der Waals surface area contributed by atoms with Crippen LogP contribution in [0.1, 0.15) is 25.5 Å². The van der Waals surface area contributed by atoms with Gasteiger partial charge in [-0.1, -0.05) is 32.0 Å². The van der Waals surface area contributed by atoms with Gasteiger partial charge in [-0.15, -0.1) is 0 Å². The van der Waals surface area contributed by atoms with Crippen LogP contribution in [0.15, 0.2) is 24.3 Å². The normalized spacial score (nSPS) is 13.3. The Kier molecular flexibility index (Phi) is 4.03. The van der Waals surface area contributed by atoms with Crippen LogP contribution in [0.2, 0.25) is 0 Å². The molecule has 1 atom stereocenters. The number of benzene rings is 1. The first-order valence-electron chi connectivity index (χ1n) is 4.81. The van der Waals surface area contributed by atoms with E-state index in [1.54, 1.807) is 18.2 Å². The molecule has 0 amide bonds. The fourth-order valence-electron chi connectivity index (χ4n) is 1.32. The van der Waals surface area contributed by atoms with E-state index in [0.29, 0.717) is 5.56 Å². The van der Waals surface area contributed by atoms with Crippen LogP contribution in [0.3, 0.4) is 0 Å². The summed E-state index contributed by atoms with van der Waals surface area (Å²) in [4.78, 5) is 0. The molecule has 1 rings (SSSR count). The van der Waals surface area contributed by atoms with Crippen molar-refractivity contribution in [3.8, 4) is 5.75 Å². The van der Waals surface area contributed by atoms with E-state index in [9.17, 15) is 8.78 Å². The van der Waals surface area contributed by atoms with E-state index in [-0.39, 0.29) is 17.7 Å². The summed E-state index contributed by atoms with van der Waals surface area (Å²) in [5, 5.41) is 0. The Morgan fingerprint density at radius 1 is 1.20 bits per heavy atom. The van der Waals surface area contributed by atoms with Crippen LogP contribution in [0, 0.1) is 5.92 Å². The Morgan fingerprint density at radius 2 is 1.80 bits per heavy atom. The third-order valence-corrected chi connectivity index (χ3v) is 2.21. The first-order chi connectivity index (χ1) is 7.02. The van der Waals surface area contributed by atoms with Crippen LogP contribution >= 0.6 is 0 Å². The predicted molar refractivity (Wildman–Crippen MR) is 54.8 cm³/mol. The van der Waals surface area contributed by atoms with Crippen molar-refractivity contribution in [3.05, 3.63) is 29.8 Å². The molecule has 0 saturated heterocycles. The highest BCUT2D eigenvalue weighted by Gasteiger charge is 2.16. The molecule has 0 saturated carbocycles. The number of hydrogen-bond acceptors (Lipinski definition) is 2.